The minimum Gasteiger partial charge on any atom is -0.478 e. The van der Waals surface area contributed by atoms with Crippen LogP contribution < -0.4 is 0 Å². The number of aromatic carboxylic acids is 1. The van der Waals surface area contributed by atoms with Crippen LogP contribution in [-0.2, 0) is 11.3 Å². The molecule has 21 heavy (non-hydrogen) atoms. The average molecular weight is 297 g/mol. The molecule has 0 bridgehead atoms. The first-order chi connectivity index (χ1) is 10.0. The number of hydrogen-bond donors (Lipinski definition) is 1. The molecule has 1 rings (SSSR count). The number of carboxylic acids is 1. The third kappa shape index (κ3) is 5.10. The normalized spacial score (nSPS) is 11.3. The zero-order valence-corrected chi connectivity index (χ0v) is 12.9. The molecular weight excluding hydrogens is 273 g/mol. The van der Waals surface area contributed by atoms with E-state index >= 15 is 0 Å². The van der Waals surface area contributed by atoms with Crippen molar-refractivity contribution in [3.8, 4) is 0 Å². The molecular formula is C16H24FNO3. The quantitative estimate of drug-likeness (QED) is 0.760. The molecule has 0 fully saturated rings. The molecule has 5 heteroatoms. The van der Waals surface area contributed by atoms with Gasteiger partial charge in [0.2, 0.25) is 0 Å². The molecule has 0 aliphatic heterocycles. The van der Waals surface area contributed by atoms with Crippen LogP contribution in [0, 0.1) is 5.82 Å². The van der Waals surface area contributed by atoms with Crippen molar-refractivity contribution in [2.45, 2.75) is 39.3 Å². The Morgan fingerprint density at radius 2 is 2.05 bits per heavy atom. The number of hydrogen-bond acceptors (Lipinski definition) is 3. The van der Waals surface area contributed by atoms with Crippen LogP contribution in [0.3, 0.4) is 0 Å². The topological polar surface area (TPSA) is 49.8 Å². The minimum atomic E-state index is -1.24. The summed E-state index contributed by atoms with van der Waals surface area (Å²) in [4.78, 5) is 13.3. The molecule has 1 aromatic carbocycles. The Kier molecular flexibility index (Phi) is 7.32. The lowest BCUT2D eigenvalue weighted by atomic mass is 10.1. The van der Waals surface area contributed by atoms with Crippen LogP contribution in [0.15, 0.2) is 18.2 Å². The number of ether oxygens (including phenoxy) is 1. The fourth-order valence-corrected chi connectivity index (χ4v) is 2.47. The van der Waals surface area contributed by atoms with Crippen molar-refractivity contribution in [1.82, 2.24) is 4.90 Å². The van der Waals surface area contributed by atoms with Crippen molar-refractivity contribution < 1.29 is 19.0 Å². The lowest BCUT2D eigenvalue weighted by Crippen LogP contribution is -2.36. The van der Waals surface area contributed by atoms with Crippen molar-refractivity contribution in [3.05, 3.63) is 35.1 Å². The summed E-state index contributed by atoms with van der Waals surface area (Å²) in [6, 6.07) is 4.68. The molecule has 118 valence electrons. The maximum atomic E-state index is 13.4. The van der Waals surface area contributed by atoms with Gasteiger partial charge in [-0.1, -0.05) is 19.9 Å². The molecule has 0 heterocycles. The van der Waals surface area contributed by atoms with Crippen molar-refractivity contribution >= 4 is 5.97 Å². The van der Waals surface area contributed by atoms with E-state index < -0.39 is 11.8 Å². The van der Waals surface area contributed by atoms with Gasteiger partial charge in [0.15, 0.2) is 0 Å². The van der Waals surface area contributed by atoms with Crippen LogP contribution in [-0.4, -0.2) is 42.3 Å². The number of methoxy groups -OCH3 is 1. The maximum absolute atomic E-state index is 13.4. The molecule has 4 nitrogen and oxygen atoms in total. The first kappa shape index (κ1) is 17.6. The molecule has 1 N–H and O–H groups in total. The largest absolute Gasteiger partial charge is 0.478 e. The van der Waals surface area contributed by atoms with E-state index in [0.29, 0.717) is 19.2 Å². The zero-order chi connectivity index (χ0) is 15.8. The Hall–Kier alpha value is -1.46. The van der Waals surface area contributed by atoms with Crippen molar-refractivity contribution in [3.63, 3.8) is 0 Å². The summed E-state index contributed by atoms with van der Waals surface area (Å²) in [5.74, 6) is -1.93. The Morgan fingerprint density at radius 1 is 1.38 bits per heavy atom. The van der Waals surface area contributed by atoms with Crippen LogP contribution in [0.5, 0.6) is 0 Å². The van der Waals surface area contributed by atoms with E-state index in [-0.39, 0.29) is 5.56 Å². The summed E-state index contributed by atoms with van der Waals surface area (Å²) in [7, 11) is 1.66. The molecule has 1 aromatic rings. The lowest BCUT2D eigenvalue weighted by molar-refractivity contribution is 0.0691. The second kappa shape index (κ2) is 8.74. The standard InChI is InChI=1S/C16H24FNO3/c1-4-13(5-2)18(8-9-21-3)11-12-6-7-15(17)14(10-12)16(19)20/h6-7,10,13H,4-5,8-9,11H2,1-3H3,(H,19,20). The van der Waals surface area contributed by atoms with Gasteiger partial charge in [-0.2, -0.15) is 0 Å². The van der Waals surface area contributed by atoms with Gasteiger partial charge in [0, 0.05) is 26.2 Å². The Morgan fingerprint density at radius 3 is 2.57 bits per heavy atom. The van der Waals surface area contributed by atoms with Crippen LogP contribution in [0.1, 0.15) is 42.6 Å². The highest BCUT2D eigenvalue weighted by atomic mass is 19.1. The smallest absolute Gasteiger partial charge is 0.338 e. The van der Waals surface area contributed by atoms with Gasteiger partial charge in [-0.15, -0.1) is 0 Å². The first-order valence-corrected chi connectivity index (χ1v) is 7.28. The van der Waals surface area contributed by atoms with E-state index in [2.05, 4.69) is 18.7 Å². The highest BCUT2D eigenvalue weighted by Crippen LogP contribution is 2.16. The van der Waals surface area contributed by atoms with E-state index in [1.54, 1.807) is 13.2 Å². The molecule has 0 radical (unpaired) electrons. The molecule has 0 aromatic heterocycles. The molecule has 0 aliphatic rings. The molecule has 0 saturated carbocycles. The Balaban J connectivity index is 2.91. The van der Waals surface area contributed by atoms with Crippen molar-refractivity contribution in [2.24, 2.45) is 0 Å². The summed E-state index contributed by atoms with van der Waals surface area (Å²) >= 11 is 0. The summed E-state index contributed by atoms with van der Waals surface area (Å²) in [6.45, 7) is 6.23. The Labute approximate surface area is 125 Å². The van der Waals surface area contributed by atoms with Crippen LogP contribution in [0.25, 0.3) is 0 Å². The van der Waals surface area contributed by atoms with Crippen molar-refractivity contribution in [2.75, 3.05) is 20.3 Å². The average Bonchev–Trinajstić information content (AvgIpc) is 2.47. The summed E-state index contributed by atoms with van der Waals surface area (Å²) in [6.07, 6.45) is 2.01. The monoisotopic (exact) mass is 297 g/mol. The molecule has 0 atom stereocenters. The highest BCUT2D eigenvalue weighted by Gasteiger charge is 2.17. The third-order valence-electron chi connectivity index (χ3n) is 3.69. The third-order valence-corrected chi connectivity index (χ3v) is 3.69. The number of halogens is 1. The molecule has 0 unspecified atom stereocenters. The highest BCUT2D eigenvalue weighted by molar-refractivity contribution is 5.88. The fourth-order valence-electron chi connectivity index (χ4n) is 2.47. The minimum absolute atomic E-state index is 0.274. The maximum Gasteiger partial charge on any atom is 0.338 e. The fraction of sp³-hybridized carbons (Fsp3) is 0.562. The molecule has 0 saturated heterocycles. The summed E-state index contributed by atoms with van der Waals surface area (Å²) in [5.41, 5.74) is 0.528. The summed E-state index contributed by atoms with van der Waals surface area (Å²) < 4.78 is 18.6. The predicted octanol–water partition coefficient (Wildman–Crippen LogP) is 3.16. The van der Waals surface area contributed by atoms with Crippen LogP contribution in [0.2, 0.25) is 0 Å². The molecule has 0 aliphatic carbocycles. The van der Waals surface area contributed by atoms with E-state index in [9.17, 15) is 9.18 Å². The van der Waals surface area contributed by atoms with E-state index in [4.69, 9.17) is 9.84 Å². The van der Waals surface area contributed by atoms with Gasteiger partial charge in [0.25, 0.3) is 0 Å². The SMILES string of the molecule is CCC(CC)N(CCOC)Cc1ccc(F)c(C(=O)O)c1. The molecule has 0 spiro atoms. The van der Waals surface area contributed by atoms with Gasteiger partial charge in [-0.3, -0.25) is 4.90 Å². The number of benzene rings is 1. The predicted molar refractivity (Wildman–Crippen MR) is 80.0 cm³/mol. The second-order valence-corrected chi connectivity index (χ2v) is 5.05. The van der Waals surface area contributed by atoms with Gasteiger partial charge >= 0.3 is 5.97 Å². The number of rotatable bonds is 9. The number of carbonyl (C=O) groups is 1. The van der Waals surface area contributed by atoms with Crippen LogP contribution >= 0.6 is 0 Å². The lowest BCUT2D eigenvalue weighted by Gasteiger charge is -2.30. The van der Waals surface area contributed by atoms with Gasteiger partial charge in [0.05, 0.1) is 12.2 Å². The van der Waals surface area contributed by atoms with Gasteiger partial charge in [-0.25, -0.2) is 9.18 Å². The second-order valence-electron chi connectivity index (χ2n) is 5.05. The number of nitrogens with zero attached hydrogens (tertiary/aromatic N) is 1. The van der Waals surface area contributed by atoms with Gasteiger partial charge in [0.1, 0.15) is 5.82 Å². The van der Waals surface area contributed by atoms with Crippen molar-refractivity contribution in [1.29, 1.82) is 0 Å². The Bertz CT molecular complexity index is 461. The summed E-state index contributed by atoms with van der Waals surface area (Å²) in [5, 5.41) is 8.99. The van der Waals surface area contributed by atoms with E-state index in [1.165, 1.54) is 12.1 Å². The van der Waals surface area contributed by atoms with E-state index in [1.807, 2.05) is 0 Å². The zero-order valence-electron chi connectivity index (χ0n) is 12.9. The van der Waals surface area contributed by atoms with E-state index in [0.717, 1.165) is 24.9 Å². The van der Waals surface area contributed by atoms with Crippen LogP contribution in [0.4, 0.5) is 4.39 Å². The molecule has 0 amide bonds. The van der Waals surface area contributed by atoms with Gasteiger partial charge < -0.3 is 9.84 Å². The van der Waals surface area contributed by atoms with Gasteiger partial charge in [-0.05, 0) is 30.5 Å². The first-order valence-electron chi connectivity index (χ1n) is 7.28. The number of carboxylic acid groups (broad SMARTS) is 1.